The molecule has 2 aliphatic heterocycles. The third kappa shape index (κ3) is 5.47. The Labute approximate surface area is 177 Å². The number of likely N-dealkylation sites (tertiary alicyclic amines) is 1. The van der Waals surface area contributed by atoms with Crippen LogP contribution in [0.1, 0.15) is 59.3 Å². The maximum atomic E-state index is 5.51. The fourth-order valence-corrected chi connectivity index (χ4v) is 4.79. The van der Waals surface area contributed by atoms with E-state index in [1.165, 1.54) is 51.6 Å². The minimum atomic E-state index is 0. The van der Waals surface area contributed by atoms with E-state index < -0.39 is 0 Å². The van der Waals surface area contributed by atoms with Gasteiger partial charge >= 0.3 is 0 Å². The summed E-state index contributed by atoms with van der Waals surface area (Å²) in [7, 11) is 0. The van der Waals surface area contributed by atoms with Crippen LogP contribution in [0.15, 0.2) is 4.99 Å². The van der Waals surface area contributed by atoms with Gasteiger partial charge in [-0.3, -0.25) is 9.89 Å². The summed E-state index contributed by atoms with van der Waals surface area (Å²) in [5.74, 6) is 1.13. The monoisotopic (exact) mass is 478 g/mol. The molecule has 3 rings (SSSR count). The van der Waals surface area contributed by atoms with Gasteiger partial charge in [0.1, 0.15) is 0 Å². The molecule has 1 aliphatic carbocycles. The lowest BCUT2D eigenvalue weighted by Gasteiger charge is -2.40. The standard InChI is InChI=1S/C20H38N4O.HI/c1-4-21-18(22-16-19(2,3)24-12-14-25-15-13-24)23-11-10-20(17-23)8-6-5-7-9-20;/h4-17H2,1-3H3,(H,21,22);1H. The van der Waals surface area contributed by atoms with Crippen LogP contribution in [0.4, 0.5) is 0 Å². The number of rotatable bonds is 4. The minimum Gasteiger partial charge on any atom is -0.379 e. The molecule has 1 saturated carbocycles. The zero-order valence-corrected chi connectivity index (χ0v) is 19.4. The summed E-state index contributed by atoms with van der Waals surface area (Å²) in [5.41, 5.74) is 0.668. The Morgan fingerprint density at radius 2 is 1.77 bits per heavy atom. The molecule has 0 atom stereocenters. The highest BCUT2D eigenvalue weighted by molar-refractivity contribution is 14.0. The molecule has 2 heterocycles. The molecule has 0 amide bonds. The van der Waals surface area contributed by atoms with E-state index in [2.05, 4.69) is 35.9 Å². The highest BCUT2D eigenvalue weighted by Crippen LogP contribution is 2.43. The number of hydrogen-bond acceptors (Lipinski definition) is 3. The van der Waals surface area contributed by atoms with E-state index in [0.717, 1.165) is 45.4 Å². The molecule has 1 N–H and O–H groups in total. The molecule has 5 nitrogen and oxygen atoms in total. The second-order valence-corrected chi connectivity index (χ2v) is 8.81. The van der Waals surface area contributed by atoms with Crippen molar-refractivity contribution < 1.29 is 4.74 Å². The van der Waals surface area contributed by atoms with Gasteiger partial charge in [-0.25, -0.2) is 0 Å². The van der Waals surface area contributed by atoms with E-state index in [4.69, 9.17) is 9.73 Å². The summed E-state index contributed by atoms with van der Waals surface area (Å²) >= 11 is 0. The predicted molar refractivity (Wildman–Crippen MR) is 120 cm³/mol. The number of guanidine groups is 1. The van der Waals surface area contributed by atoms with Gasteiger partial charge in [-0.05, 0) is 45.4 Å². The molecule has 0 unspecified atom stereocenters. The number of hydrogen-bond donors (Lipinski definition) is 1. The van der Waals surface area contributed by atoms with Gasteiger partial charge in [0.2, 0.25) is 0 Å². The lowest BCUT2D eigenvalue weighted by atomic mass is 9.73. The van der Waals surface area contributed by atoms with Gasteiger partial charge in [-0.2, -0.15) is 0 Å². The van der Waals surface area contributed by atoms with Crippen molar-refractivity contribution in [3.05, 3.63) is 0 Å². The molecule has 26 heavy (non-hydrogen) atoms. The molecule has 0 aromatic carbocycles. The molecular weight excluding hydrogens is 439 g/mol. The Balaban J connectivity index is 0.00000243. The van der Waals surface area contributed by atoms with Gasteiger partial charge in [0.25, 0.3) is 0 Å². The van der Waals surface area contributed by atoms with E-state index in [1.54, 1.807) is 0 Å². The first-order valence-corrected chi connectivity index (χ1v) is 10.4. The largest absolute Gasteiger partial charge is 0.379 e. The number of aliphatic imine (C=N–C) groups is 1. The number of nitrogens with zero attached hydrogens (tertiary/aromatic N) is 3. The Kier molecular flexibility index (Phi) is 8.47. The predicted octanol–water partition coefficient (Wildman–Crippen LogP) is 3.34. The number of halogens is 1. The third-order valence-electron chi connectivity index (χ3n) is 6.47. The summed E-state index contributed by atoms with van der Waals surface area (Å²) in [6.45, 7) is 14.7. The molecule has 0 aromatic rings. The number of nitrogens with one attached hydrogen (secondary N) is 1. The van der Waals surface area contributed by atoms with E-state index in [0.29, 0.717) is 5.41 Å². The second kappa shape index (κ2) is 9.92. The van der Waals surface area contributed by atoms with Gasteiger partial charge in [-0.1, -0.05) is 19.3 Å². The van der Waals surface area contributed by atoms with Crippen molar-refractivity contribution in [1.29, 1.82) is 0 Å². The second-order valence-electron chi connectivity index (χ2n) is 8.81. The van der Waals surface area contributed by atoms with Crippen LogP contribution in [0, 0.1) is 5.41 Å². The summed E-state index contributed by atoms with van der Waals surface area (Å²) < 4.78 is 5.51. The molecule has 2 saturated heterocycles. The van der Waals surface area contributed by atoms with Gasteiger partial charge < -0.3 is 15.0 Å². The Hall–Kier alpha value is -0.0800. The Morgan fingerprint density at radius 3 is 2.42 bits per heavy atom. The van der Waals surface area contributed by atoms with Crippen molar-refractivity contribution in [2.24, 2.45) is 10.4 Å². The van der Waals surface area contributed by atoms with Crippen molar-refractivity contribution in [3.63, 3.8) is 0 Å². The molecular formula is C20H39IN4O. The summed E-state index contributed by atoms with van der Waals surface area (Å²) in [4.78, 5) is 10.1. The zero-order valence-electron chi connectivity index (χ0n) is 17.1. The zero-order chi connectivity index (χ0) is 17.8. The van der Waals surface area contributed by atoms with E-state index in [1.807, 2.05) is 0 Å². The fourth-order valence-electron chi connectivity index (χ4n) is 4.79. The first-order chi connectivity index (χ1) is 12.0. The van der Waals surface area contributed by atoms with E-state index in [9.17, 15) is 0 Å². The van der Waals surface area contributed by atoms with Crippen LogP contribution in [-0.2, 0) is 4.74 Å². The van der Waals surface area contributed by atoms with Gasteiger partial charge in [-0.15, -0.1) is 24.0 Å². The van der Waals surface area contributed by atoms with Crippen molar-refractivity contribution in [2.75, 3.05) is 52.5 Å². The van der Waals surface area contributed by atoms with Gasteiger partial charge in [0.05, 0.1) is 19.8 Å². The first kappa shape index (κ1) is 22.2. The van der Waals surface area contributed by atoms with Crippen molar-refractivity contribution in [3.8, 4) is 0 Å². The topological polar surface area (TPSA) is 40.1 Å². The summed E-state index contributed by atoms with van der Waals surface area (Å²) in [6, 6.07) is 0. The highest BCUT2D eigenvalue weighted by atomic mass is 127. The van der Waals surface area contributed by atoms with Crippen molar-refractivity contribution in [2.45, 2.75) is 64.8 Å². The average molecular weight is 478 g/mol. The fraction of sp³-hybridized carbons (Fsp3) is 0.950. The van der Waals surface area contributed by atoms with Crippen LogP contribution < -0.4 is 5.32 Å². The van der Waals surface area contributed by atoms with Crippen LogP contribution in [0.25, 0.3) is 0 Å². The summed E-state index contributed by atoms with van der Waals surface area (Å²) in [6.07, 6.45) is 8.47. The molecule has 1 spiro atoms. The highest BCUT2D eigenvalue weighted by Gasteiger charge is 2.40. The van der Waals surface area contributed by atoms with E-state index >= 15 is 0 Å². The minimum absolute atomic E-state index is 0. The van der Waals surface area contributed by atoms with Crippen molar-refractivity contribution >= 4 is 29.9 Å². The Bertz CT molecular complexity index is 457. The van der Waals surface area contributed by atoms with Crippen molar-refractivity contribution in [1.82, 2.24) is 15.1 Å². The van der Waals surface area contributed by atoms with E-state index in [-0.39, 0.29) is 29.5 Å². The first-order valence-electron chi connectivity index (χ1n) is 10.4. The maximum Gasteiger partial charge on any atom is 0.193 e. The third-order valence-corrected chi connectivity index (χ3v) is 6.47. The smallest absolute Gasteiger partial charge is 0.193 e. The van der Waals surface area contributed by atoms with Crippen LogP contribution in [0.5, 0.6) is 0 Å². The molecule has 3 fully saturated rings. The maximum absolute atomic E-state index is 5.51. The molecule has 0 bridgehead atoms. The van der Waals surface area contributed by atoms with Crippen LogP contribution in [0.3, 0.4) is 0 Å². The molecule has 3 aliphatic rings. The lowest BCUT2D eigenvalue weighted by molar-refractivity contribution is -0.00689. The molecule has 6 heteroatoms. The number of ether oxygens (including phenoxy) is 1. The normalized spacial score (nSPS) is 24.6. The van der Waals surface area contributed by atoms with Gasteiger partial charge in [0.15, 0.2) is 5.96 Å². The summed E-state index contributed by atoms with van der Waals surface area (Å²) in [5, 5.41) is 3.55. The Morgan fingerprint density at radius 1 is 1.08 bits per heavy atom. The van der Waals surface area contributed by atoms with Crippen LogP contribution in [-0.4, -0.2) is 73.8 Å². The average Bonchev–Trinajstić information content (AvgIpc) is 3.03. The van der Waals surface area contributed by atoms with Crippen LogP contribution in [0.2, 0.25) is 0 Å². The molecule has 0 radical (unpaired) electrons. The molecule has 0 aromatic heterocycles. The van der Waals surface area contributed by atoms with Crippen LogP contribution >= 0.6 is 24.0 Å². The quantitative estimate of drug-likeness (QED) is 0.382. The lowest BCUT2D eigenvalue weighted by Crippen LogP contribution is -2.52. The molecule has 152 valence electrons. The SMILES string of the molecule is CCNC(=NCC(C)(C)N1CCOCC1)N1CCC2(CCCCC2)C1.I. The number of morpholine rings is 1. The van der Waals surface area contributed by atoms with Gasteiger partial charge in [0, 0.05) is 38.3 Å².